The van der Waals surface area contributed by atoms with Gasteiger partial charge in [-0.2, -0.15) is 0 Å². The minimum absolute atomic E-state index is 0.231. The number of hydrogen-bond donors (Lipinski definition) is 2. The van der Waals surface area contributed by atoms with Gasteiger partial charge in [-0.1, -0.05) is 13.0 Å². The maximum Gasteiger partial charge on any atom is 0.342 e. The lowest BCUT2D eigenvalue weighted by Crippen LogP contribution is -2.69. The van der Waals surface area contributed by atoms with Gasteiger partial charge in [-0.3, -0.25) is 19.2 Å². The van der Waals surface area contributed by atoms with Crippen LogP contribution in [0.2, 0.25) is 0 Å². The summed E-state index contributed by atoms with van der Waals surface area (Å²) in [6, 6.07) is 0. The Balaban J connectivity index is 2.09. The lowest BCUT2D eigenvalue weighted by atomic mass is 9.55. The molecule has 0 amide bonds. The van der Waals surface area contributed by atoms with Gasteiger partial charge < -0.3 is 38.6 Å². The first-order valence-corrected chi connectivity index (χ1v) is 13.2. The zero-order valence-corrected chi connectivity index (χ0v) is 24.2. The van der Waals surface area contributed by atoms with Crippen molar-refractivity contribution in [1.29, 1.82) is 0 Å². The molecule has 0 saturated carbocycles. The first-order valence-electron chi connectivity index (χ1n) is 13.2. The highest BCUT2D eigenvalue weighted by atomic mass is 16.7. The smallest absolute Gasteiger partial charge is 0.342 e. The molecule has 2 saturated heterocycles. The van der Waals surface area contributed by atoms with Gasteiger partial charge in [0.1, 0.15) is 30.0 Å². The molecule has 2 fully saturated rings. The first kappa shape index (κ1) is 30.7. The number of fused-ring (bicyclic) bond motifs is 1. The molecule has 41 heavy (non-hydrogen) atoms. The van der Waals surface area contributed by atoms with Crippen LogP contribution in [0.15, 0.2) is 23.8 Å². The van der Waals surface area contributed by atoms with Crippen molar-refractivity contribution in [3.05, 3.63) is 23.8 Å². The van der Waals surface area contributed by atoms with E-state index < -0.39 is 94.6 Å². The average molecular weight is 581 g/mol. The van der Waals surface area contributed by atoms with Crippen molar-refractivity contribution in [1.82, 2.24) is 0 Å². The molecule has 2 aliphatic heterocycles. The van der Waals surface area contributed by atoms with E-state index in [0.717, 1.165) is 27.7 Å². The van der Waals surface area contributed by atoms with Crippen molar-refractivity contribution in [3.63, 3.8) is 0 Å². The van der Waals surface area contributed by atoms with Crippen LogP contribution in [0.3, 0.4) is 0 Å². The van der Waals surface area contributed by atoms with Crippen LogP contribution in [-0.4, -0.2) is 93.5 Å². The van der Waals surface area contributed by atoms with Crippen LogP contribution in [0.4, 0.5) is 0 Å². The van der Waals surface area contributed by atoms with Crippen LogP contribution in [0, 0.1) is 11.3 Å². The number of hydrogen-bond acceptors (Lipinski definition) is 13. The Bertz CT molecular complexity index is 1240. The van der Waals surface area contributed by atoms with Gasteiger partial charge in [-0.05, 0) is 38.5 Å². The summed E-state index contributed by atoms with van der Waals surface area (Å²) in [6.07, 6.45) is -4.40. The third-order valence-corrected chi connectivity index (χ3v) is 8.62. The highest BCUT2D eigenvalue weighted by Gasteiger charge is 2.88. The maximum absolute atomic E-state index is 13.1. The van der Waals surface area contributed by atoms with Crippen molar-refractivity contribution in [2.45, 2.75) is 109 Å². The van der Waals surface area contributed by atoms with Gasteiger partial charge in [0.25, 0.3) is 0 Å². The van der Waals surface area contributed by atoms with E-state index in [4.69, 9.17) is 28.4 Å². The molecule has 0 aromatic heterocycles. The van der Waals surface area contributed by atoms with E-state index in [1.807, 2.05) is 0 Å². The Hall–Kier alpha value is -3.29. The maximum atomic E-state index is 13.1. The molecule has 0 bridgehead atoms. The quantitative estimate of drug-likeness (QED) is 0.202. The molecule has 13 nitrogen and oxygen atoms in total. The fourth-order valence-corrected chi connectivity index (χ4v) is 6.88. The summed E-state index contributed by atoms with van der Waals surface area (Å²) >= 11 is 0. The highest BCUT2D eigenvalue weighted by Crippen LogP contribution is 2.65. The van der Waals surface area contributed by atoms with Gasteiger partial charge in [0.15, 0.2) is 23.4 Å². The van der Waals surface area contributed by atoms with Gasteiger partial charge in [0.05, 0.1) is 0 Å². The van der Waals surface area contributed by atoms with Crippen molar-refractivity contribution >= 4 is 29.8 Å². The molecule has 2 unspecified atom stereocenters. The Morgan fingerprint density at radius 2 is 1.41 bits per heavy atom. The summed E-state index contributed by atoms with van der Waals surface area (Å²) in [7, 11) is 0. The summed E-state index contributed by atoms with van der Waals surface area (Å²) in [5.74, 6) is -5.23. The van der Waals surface area contributed by atoms with E-state index in [0.29, 0.717) is 0 Å². The fourth-order valence-electron chi connectivity index (χ4n) is 6.88. The van der Waals surface area contributed by atoms with Crippen LogP contribution in [-0.2, 0) is 52.4 Å². The van der Waals surface area contributed by atoms with Gasteiger partial charge in [-0.15, -0.1) is 0 Å². The summed E-state index contributed by atoms with van der Waals surface area (Å²) in [4.78, 5) is 62.3. The number of ether oxygens (including phenoxy) is 6. The molecule has 0 aromatic rings. The predicted octanol–water partition coefficient (Wildman–Crippen LogP) is 0.430. The van der Waals surface area contributed by atoms with Crippen LogP contribution < -0.4 is 0 Å². The van der Waals surface area contributed by atoms with E-state index in [2.05, 4.69) is 0 Å². The lowest BCUT2D eigenvalue weighted by Gasteiger charge is -2.55. The molecule has 0 radical (unpaired) electrons. The topological polar surface area (TPSA) is 184 Å². The second-order valence-electron chi connectivity index (χ2n) is 11.7. The summed E-state index contributed by atoms with van der Waals surface area (Å²) < 4.78 is 34.2. The van der Waals surface area contributed by atoms with Gasteiger partial charge in [-0.25, -0.2) is 4.79 Å². The monoisotopic (exact) mass is 580 g/mol. The van der Waals surface area contributed by atoms with Gasteiger partial charge >= 0.3 is 29.8 Å². The van der Waals surface area contributed by atoms with E-state index in [9.17, 15) is 34.2 Å². The van der Waals surface area contributed by atoms with Crippen molar-refractivity contribution in [3.8, 4) is 0 Å². The molecule has 226 valence electrons. The number of carbonyl (C=O) groups is 5. The molecule has 2 N–H and O–H groups in total. The molecule has 11 atom stereocenters. The molecular weight excluding hydrogens is 544 g/mol. The van der Waals surface area contributed by atoms with Crippen molar-refractivity contribution in [2.75, 3.05) is 0 Å². The minimum Gasteiger partial charge on any atom is -0.459 e. The molecule has 4 aliphatic rings. The Morgan fingerprint density at radius 1 is 0.878 bits per heavy atom. The molecule has 1 spiro atoms. The standard InChI is InChI=1S/C28H36O13/c1-12-11-18-28(27(8,41-28)24(34)40-18)23(39-16(5)32)21-25(6,10-9-17(26(21,7)35)36-13(2)29)22(38-15(4)31)19(33)20(12)37-14(3)30/h9-11,17-23,33,35H,1-8H3/b12-11-/t17-,18+,19-,20?,21-,22+,23?,25+,26-,27+,28+/m0/s1. The zero-order valence-electron chi connectivity index (χ0n) is 24.2. The Kier molecular flexibility index (Phi) is 7.42. The predicted molar refractivity (Wildman–Crippen MR) is 135 cm³/mol. The number of carbonyl (C=O) groups excluding carboxylic acids is 5. The lowest BCUT2D eigenvalue weighted by molar-refractivity contribution is -0.230. The molecule has 2 aliphatic carbocycles. The fraction of sp³-hybridized carbons (Fsp3) is 0.679. The Labute approximate surface area is 236 Å². The van der Waals surface area contributed by atoms with Crippen LogP contribution >= 0.6 is 0 Å². The van der Waals surface area contributed by atoms with Crippen LogP contribution in [0.5, 0.6) is 0 Å². The van der Waals surface area contributed by atoms with Crippen molar-refractivity contribution in [2.24, 2.45) is 11.3 Å². The van der Waals surface area contributed by atoms with E-state index in [-0.39, 0.29) is 5.57 Å². The number of esters is 5. The molecule has 4 rings (SSSR count). The third-order valence-electron chi connectivity index (χ3n) is 8.62. The molecule has 2 heterocycles. The normalized spacial score (nSPS) is 45.9. The van der Waals surface area contributed by atoms with Crippen LogP contribution in [0.25, 0.3) is 0 Å². The zero-order chi connectivity index (χ0) is 30.9. The minimum atomic E-state index is -2.08. The molecule has 13 heteroatoms. The van der Waals surface area contributed by atoms with Crippen molar-refractivity contribution < 1.29 is 62.6 Å². The van der Waals surface area contributed by atoms with Crippen LogP contribution in [0.1, 0.15) is 55.4 Å². The second-order valence-corrected chi connectivity index (χ2v) is 11.7. The number of epoxide rings is 1. The number of aliphatic hydroxyl groups is 2. The first-order chi connectivity index (χ1) is 18.8. The second kappa shape index (κ2) is 9.92. The largest absolute Gasteiger partial charge is 0.459 e. The third kappa shape index (κ3) is 4.63. The van der Waals surface area contributed by atoms with E-state index in [1.54, 1.807) is 0 Å². The number of aliphatic hydroxyl groups excluding tert-OH is 1. The summed E-state index contributed by atoms with van der Waals surface area (Å²) in [5, 5.41) is 23.9. The SMILES string of the molecule is CC(=O)OC1/C(C)=C\[C@H]2OC(=O)[C@@]3(C)O[C@@]23C(OC(C)=O)[C@@H]2[C@@](C)(O)[C@@H](OC(C)=O)C=C[C@@]2(C)[C@H](OC(C)=O)[C@H]1O. The summed E-state index contributed by atoms with van der Waals surface area (Å²) in [6.45, 7) is 10.4. The van der Waals surface area contributed by atoms with E-state index in [1.165, 1.54) is 45.9 Å². The Morgan fingerprint density at radius 3 is 1.93 bits per heavy atom. The molecular formula is C28H36O13. The van der Waals surface area contributed by atoms with Gasteiger partial charge in [0.2, 0.25) is 0 Å². The average Bonchev–Trinajstić information content (AvgIpc) is 3.42. The number of rotatable bonds is 4. The molecule has 0 aromatic carbocycles. The highest BCUT2D eigenvalue weighted by molar-refractivity contribution is 5.89. The van der Waals surface area contributed by atoms with Gasteiger partial charge in [0, 0.05) is 39.0 Å². The summed E-state index contributed by atoms with van der Waals surface area (Å²) in [5.41, 5.74) is -6.81. The van der Waals surface area contributed by atoms with E-state index >= 15 is 0 Å².